The highest BCUT2D eigenvalue weighted by molar-refractivity contribution is 6.30. The number of benzene rings is 2. The summed E-state index contributed by atoms with van der Waals surface area (Å²) >= 11 is 5.87. The van der Waals surface area contributed by atoms with Gasteiger partial charge in [0.15, 0.2) is 5.82 Å². The lowest BCUT2D eigenvalue weighted by molar-refractivity contribution is -0.124. The van der Waals surface area contributed by atoms with Crippen molar-refractivity contribution in [3.8, 4) is 5.75 Å². The standard InChI is InChI=1S/C20H20ClN5O2/c1-15-22-23-24-26(15)19(14-16-6-4-3-5-7-16)20(27)25(2)12-13-28-18-10-8-17(21)9-11-18/h3-11,14H,12-13H2,1-2H3. The molecule has 0 saturated heterocycles. The third-order valence-electron chi connectivity index (χ3n) is 4.03. The number of aromatic nitrogens is 4. The van der Waals surface area contributed by atoms with Gasteiger partial charge in [0.1, 0.15) is 18.1 Å². The first kappa shape index (κ1) is 19.6. The van der Waals surface area contributed by atoms with Gasteiger partial charge in [0.25, 0.3) is 5.91 Å². The van der Waals surface area contributed by atoms with Gasteiger partial charge in [-0.15, -0.1) is 5.10 Å². The highest BCUT2D eigenvalue weighted by Crippen LogP contribution is 2.16. The molecular formula is C20H20ClN5O2. The Bertz CT molecular complexity index is 954. The van der Waals surface area contributed by atoms with E-state index in [4.69, 9.17) is 16.3 Å². The monoisotopic (exact) mass is 397 g/mol. The van der Waals surface area contributed by atoms with E-state index in [-0.39, 0.29) is 5.91 Å². The molecule has 0 aliphatic rings. The van der Waals surface area contributed by atoms with Gasteiger partial charge in [0.2, 0.25) is 0 Å². The molecule has 144 valence electrons. The lowest BCUT2D eigenvalue weighted by atomic mass is 10.2. The van der Waals surface area contributed by atoms with Gasteiger partial charge in [-0.05, 0) is 53.3 Å². The van der Waals surface area contributed by atoms with Gasteiger partial charge in [-0.2, -0.15) is 4.68 Å². The van der Waals surface area contributed by atoms with Crippen molar-refractivity contribution in [2.75, 3.05) is 20.2 Å². The SMILES string of the molecule is Cc1nnnn1C(=Cc1ccccc1)C(=O)N(C)CCOc1ccc(Cl)cc1. The van der Waals surface area contributed by atoms with E-state index in [1.807, 2.05) is 30.3 Å². The molecule has 0 aliphatic carbocycles. The van der Waals surface area contributed by atoms with Crippen LogP contribution in [0.25, 0.3) is 11.8 Å². The predicted octanol–water partition coefficient (Wildman–Crippen LogP) is 3.17. The van der Waals surface area contributed by atoms with Gasteiger partial charge >= 0.3 is 0 Å². The average Bonchev–Trinajstić information content (AvgIpc) is 3.13. The third-order valence-corrected chi connectivity index (χ3v) is 4.28. The smallest absolute Gasteiger partial charge is 0.272 e. The van der Waals surface area contributed by atoms with Gasteiger partial charge in [0, 0.05) is 12.1 Å². The number of tetrazole rings is 1. The van der Waals surface area contributed by atoms with E-state index in [2.05, 4.69) is 15.5 Å². The Morgan fingerprint density at radius 3 is 2.54 bits per heavy atom. The van der Waals surface area contributed by atoms with E-state index in [0.717, 1.165) is 5.56 Å². The van der Waals surface area contributed by atoms with Crippen molar-refractivity contribution < 1.29 is 9.53 Å². The van der Waals surface area contributed by atoms with Crippen LogP contribution in [0.1, 0.15) is 11.4 Å². The van der Waals surface area contributed by atoms with E-state index in [1.165, 1.54) is 4.68 Å². The number of nitrogens with zero attached hydrogens (tertiary/aromatic N) is 5. The zero-order chi connectivity index (χ0) is 19.9. The summed E-state index contributed by atoms with van der Waals surface area (Å²) < 4.78 is 7.11. The normalized spacial score (nSPS) is 11.3. The minimum atomic E-state index is -0.209. The zero-order valence-corrected chi connectivity index (χ0v) is 16.4. The van der Waals surface area contributed by atoms with Gasteiger partial charge in [-0.1, -0.05) is 41.9 Å². The molecule has 0 unspecified atom stereocenters. The molecule has 1 heterocycles. The minimum absolute atomic E-state index is 0.209. The van der Waals surface area contributed by atoms with Crippen molar-refractivity contribution in [3.05, 3.63) is 71.0 Å². The molecule has 1 amide bonds. The molecule has 3 aromatic rings. The maximum Gasteiger partial charge on any atom is 0.272 e. The van der Waals surface area contributed by atoms with Crippen LogP contribution in [0.15, 0.2) is 54.6 Å². The Kier molecular flexibility index (Phi) is 6.39. The zero-order valence-electron chi connectivity index (χ0n) is 15.6. The van der Waals surface area contributed by atoms with E-state index in [1.54, 1.807) is 49.2 Å². The van der Waals surface area contributed by atoms with Gasteiger partial charge < -0.3 is 9.64 Å². The molecule has 1 aromatic heterocycles. The number of ether oxygens (including phenoxy) is 1. The second kappa shape index (κ2) is 9.14. The molecule has 0 atom stereocenters. The summed E-state index contributed by atoms with van der Waals surface area (Å²) in [5.41, 5.74) is 1.24. The number of carbonyl (C=O) groups excluding carboxylic acids is 1. The van der Waals surface area contributed by atoms with E-state index >= 15 is 0 Å². The van der Waals surface area contributed by atoms with E-state index in [9.17, 15) is 4.79 Å². The molecule has 0 bridgehead atoms. The van der Waals surface area contributed by atoms with Gasteiger partial charge in [-0.25, -0.2) is 0 Å². The van der Waals surface area contributed by atoms with E-state index < -0.39 is 0 Å². The van der Waals surface area contributed by atoms with Crippen LogP contribution in [0.5, 0.6) is 5.75 Å². The summed E-state index contributed by atoms with van der Waals surface area (Å²) in [6, 6.07) is 16.6. The summed E-state index contributed by atoms with van der Waals surface area (Å²) in [5.74, 6) is 1.02. The molecular weight excluding hydrogens is 378 g/mol. The summed E-state index contributed by atoms with van der Waals surface area (Å²) in [6.07, 6.45) is 1.77. The van der Waals surface area contributed by atoms with Crippen molar-refractivity contribution in [1.82, 2.24) is 25.1 Å². The number of hydrogen-bond donors (Lipinski definition) is 0. The number of likely N-dealkylation sites (N-methyl/N-ethyl adjacent to an activating group) is 1. The Morgan fingerprint density at radius 2 is 1.89 bits per heavy atom. The molecule has 0 fully saturated rings. The molecule has 3 rings (SSSR count). The Balaban J connectivity index is 1.72. The second-order valence-corrected chi connectivity index (χ2v) is 6.54. The van der Waals surface area contributed by atoms with Crippen molar-refractivity contribution in [3.63, 3.8) is 0 Å². The predicted molar refractivity (Wildman–Crippen MR) is 108 cm³/mol. The number of rotatable bonds is 7. The topological polar surface area (TPSA) is 73.1 Å². The fourth-order valence-corrected chi connectivity index (χ4v) is 2.63. The summed E-state index contributed by atoms with van der Waals surface area (Å²) in [4.78, 5) is 14.6. The molecule has 0 spiro atoms. The molecule has 0 N–H and O–H groups in total. The Morgan fingerprint density at radius 1 is 1.18 bits per heavy atom. The van der Waals surface area contributed by atoms with Crippen LogP contribution < -0.4 is 4.74 Å². The molecule has 0 saturated carbocycles. The molecule has 7 nitrogen and oxygen atoms in total. The summed E-state index contributed by atoms with van der Waals surface area (Å²) in [6.45, 7) is 2.49. The number of amides is 1. The van der Waals surface area contributed by atoms with Crippen LogP contribution in [0, 0.1) is 6.92 Å². The fourth-order valence-electron chi connectivity index (χ4n) is 2.50. The first-order valence-electron chi connectivity index (χ1n) is 8.70. The van der Waals surface area contributed by atoms with Gasteiger partial charge in [-0.3, -0.25) is 4.79 Å². The van der Waals surface area contributed by atoms with E-state index in [0.29, 0.717) is 35.4 Å². The highest BCUT2D eigenvalue weighted by atomic mass is 35.5. The van der Waals surface area contributed by atoms with Crippen LogP contribution >= 0.6 is 11.6 Å². The second-order valence-electron chi connectivity index (χ2n) is 6.11. The molecule has 0 aliphatic heterocycles. The van der Waals surface area contributed by atoms with Crippen molar-refractivity contribution in [2.24, 2.45) is 0 Å². The van der Waals surface area contributed by atoms with Crippen LogP contribution in [-0.4, -0.2) is 51.2 Å². The largest absolute Gasteiger partial charge is 0.492 e. The third kappa shape index (κ3) is 4.95. The molecule has 28 heavy (non-hydrogen) atoms. The number of carbonyl (C=O) groups is 1. The first-order valence-corrected chi connectivity index (χ1v) is 9.08. The lowest BCUT2D eigenvalue weighted by Crippen LogP contribution is -2.33. The van der Waals surface area contributed by atoms with Crippen molar-refractivity contribution >= 4 is 29.3 Å². The first-order chi connectivity index (χ1) is 13.5. The van der Waals surface area contributed by atoms with Crippen molar-refractivity contribution in [1.29, 1.82) is 0 Å². The van der Waals surface area contributed by atoms with Crippen molar-refractivity contribution in [2.45, 2.75) is 6.92 Å². The van der Waals surface area contributed by atoms with Crippen LogP contribution in [0.2, 0.25) is 5.02 Å². The molecule has 2 aromatic carbocycles. The Hall–Kier alpha value is -3.19. The minimum Gasteiger partial charge on any atom is -0.492 e. The average molecular weight is 398 g/mol. The number of aryl methyl sites for hydroxylation is 1. The van der Waals surface area contributed by atoms with Crippen LogP contribution in [-0.2, 0) is 4.79 Å². The number of halogens is 1. The van der Waals surface area contributed by atoms with Gasteiger partial charge in [0.05, 0.1) is 6.54 Å². The summed E-state index contributed by atoms with van der Waals surface area (Å²) in [7, 11) is 1.71. The number of hydrogen-bond acceptors (Lipinski definition) is 5. The summed E-state index contributed by atoms with van der Waals surface area (Å²) in [5, 5.41) is 12.1. The highest BCUT2D eigenvalue weighted by Gasteiger charge is 2.20. The van der Waals surface area contributed by atoms with Crippen LogP contribution in [0.3, 0.4) is 0 Å². The molecule has 0 radical (unpaired) electrons. The maximum absolute atomic E-state index is 13.1. The fraction of sp³-hybridized carbons (Fsp3) is 0.200. The maximum atomic E-state index is 13.1. The quantitative estimate of drug-likeness (QED) is 0.572. The lowest BCUT2D eigenvalue weighted by Gasteiger charge is -2.19. The molecule has 8 heteroatoms. The Labute approximate surface area is 168 Å². The van der Waals surface area contributed by atoms with Crippen LogP contribution in [0.4, 0.5) is 0 Å².